The quantitative estimate of drug-likeness (QED) is 0.847. The normalized spacial score (nSPS) is 12.8. The highest BCUT2D eigenvalue weighted by molar-refractivity contribution is 5.14. The van der Waals surface area contributed by atoms with E-state index in [1.165, 1.54) is 5.56 Å². The Morgan fingerprint density at radius 2 is 2.14 bits per heavy atom. The second-order valence-electron chi connectivity index (χ2n) is 5.21. The van der Waals surface area contributed by atoms with Gasteiger partial charge in [0.2, 0.25) is 0 Å². The smallest absolute Gasteiger partial charge is 0.0547 e. The van der Waals surface area contributed by atoms with Crippen molar-refractivity contribution in [2.45, 2.75) is 39.9 Å². The molecule has 5 heteroatoms. The number of rotatable bonds is 7. The molecule has 0 aliphatic rings. The van der Waals surface area contributed by atoms with Crippen LogP contribution in [-0.2, 0) is 13.1 Å². The maximum Gasteiger partial charge on any atom is 0.0547 e. The Kier molecular flexibility index (Phi) is 5.47. The van der Waals surface area contributed by atoms with E-state index in [1.54, 1.807) is 0 Å². The molecule has 0 aliphatic heterocycles. The van der Waals surface area contributed by atoms with Gasteiger partial charge in [0.05, 0.1) is 17.9 Å². The van der Waals surface area contributed by atoms with Crippen molar-refractivity contribution in [1.29, 1.82) is 0 Å². The van der Waals surface area contributed by atoms with Crippen LogP contribution in [0, 0.1) is 6.92 Å². The monoisotopic (exact) mass is 287 g/mol. The molecule has 0 aromatic carbocycles. The molecule has 0 fully saturated rings. The molecule has 0 saturated carbocycles. The fraction of sp³-hybridized carbons (Fsp3) is 0.500. The predicted molar refractivity (Wildman–Crippen MR) is 84.8 cm³/mol. The van der Waals surface area contributed by atoms with Gasteiger partial charge in [0.1, 0.15) is 0 Å². The van der Waals surface area contributed by atoms with Crippen LogP contribution in [0.4, 0.5) is 0 Å². The summed E-state index contributed by atoms with van der Waals surface area (Å²) >= 11 is 0. The van der Waals surface area contributed by atoms with Crippen LogP contribution in [0.2, 0.25) is 0 Å². The van der Waals surface area contributed by atoms with Gasteiger partial charge in [0.15, 0.2) is 0 Å². The van der Waals surface area contributed by atoms with Crippen molar-refractivity contribution in [2.75, 3.05) is 13.1 Å². The number of likely N-dealkylation sites (N-methyl/N-ethyl adjacent to an activating group) is 1. The van der Waals surface area contributed by atoms with Gasteiger partial charge < -0.3 is 5.73 Å². The number of aromatic nitrogens is 3. The Labute approximate surface area is 126 Å². The third-order valence-corrected chi connectivity index (χ3v) is 3.74. The van der Waals surface area contributed by atoms with Gasteiger partial charge in [-0.05, 0) is 32.5 Å². The SMILES string of the molecule is CCN(Cc1cccc(C)n1)C(CN)c1cnn(CC)c1. The van der Waals surface area contributed by atoms with E-state index in [9.17, 15) is 0 Å². The molecule has 0 bridgehead atoms. The Hall–Kier alpha value is -1.72. The lowest BCUT2D eigenvalue weighted by Crippen LogP contribution is -2.33. The third-order valence-electron chi connectivity index (χ3n) is 3.74. The summed E-state index contributed by atoms with van der Waals surface area (Å²) in [5.74, 6) is 0. The van der Waals surface area contributed by atoms with Gasteiger partial charge in [-0.25, -0.2) is 0 Å². The van der Waals surface area contributed by atoms with E-state index in [1.807, 2.05) is 23.9 Å². The minimum atomic E-state index is 0.178. The molecular weight excluding hydrogens is 262 g/mol. The van der Waals surface area contributed by atoms with Gasteiger partial charge in [-0.15, -0.1) is 0 Å². The number of aryl methyl sites for hydroxylation is 2. The number of hydrogen-bond donors (Lipinski definition) is 1. The van der Waals surface area contributed by atoms with Crippen LogP contribution < -0.4 is 5.73 Å². The minimum absolute atomic E-state index is 0.178. The summed E-state index contributed by atoms with van der Waals surface area (Å²) in [7, 11) is 0. The van der Waals surface area contributed by atoms with E-state index in [4.69, 9.17) is 5.73 Å². The van der Waals surface area contributed by atoms with Crippen molar-refractivity contribution in [1.82, 2.24) is 19.7 Å². The first-order chi connectivity index (χ1) is 10.2. The van der Waals surface area contributed by atoms with Crippen LogP contribution >= 0.6 is 0 Å². The molecule has 2 aromatic heterocycles. The van der Waals surface area contributed by atoms with E-state index >= 15 is 0 Å². The maximum atomic E-state index is 6.02. The maximum absolute atomic E-state index is 6.02. The second kappa shape index (κ2) is 7.33. The van der Waals surface area contributed by atoms with Crippen LogP contribution in [0.3, 0.4) is 0 Å². The number of pyridine rings is 1. The van der Waals surface area contributed by atoms with E-state index < -0.39 is 0 Å². The van der Waals surface area contributed by atoms with Crippen molar-refractivity contribution in [2.24, 2.45) is 5.73 Å². The lowest BCUT2D eigenvalue weighted by Gasteiger charge is -2.28. The topological polar surface area (TPSA) is 60.0 Å². The first kappa shape index (κ1) is 15.7. The highest BCUT2D eigenvalue weighted by Crippen LogP contribution is 2.21. The van der Waals surface area contributed by atoms with Crippen molar-refractivity contribution < 1.29 is 0 Å². The molecule has 114 valence electrons. The van der Waals surface area contributed by atoms with E-state index in [0.717, 1.165) is 31.0 Å². The van der Waals surface area contributed by atoms with Crippen molar-refractivity contribution in [3.63, 3.8) is 0 Å². The molecular formula is C16H25N5. The molecule has 2 heterocycles. The summed E-state index contributed by atoms with van der Waals surface area (Å²) in [6.45, 7) is 9.45. The average molecular weight is 287 g/mol. The molecule has 2 N–H and O–H groups in total. The summed E-state index contributed by atoms with van der Waals surface area (Å²) in [5, 5.41) is 4.36. The van der Waals surface area contributed by atoms with E-state index in [-0.39, 0.29) is 6.04 Å². The first-order valence-corrected chi connectivity index (χ1v) is 7.56. The predicted octanol–water partition coefficient (Wildman–Crippen LogP) is 2.13. The van der Waals surface area contributed by atoms with Crippen molar-refractivity contribution in [3.05, 3.63) is 47.5 Å². The minimum Gasteiger partial charge on any atom is -0.329 e. The second-order valence-corrected chi connectivity index (χ2v) is 5.21. The Morgan fingerprint density at radius 1 is 1.33 bits per heavy atom. The Morgan fingerprint density at radius 3 is 2.71 bits per heavy atom. The molecule has 0 aliphatic carbocycles. The molecule has 5 nitrogen and oxygen atoms in total. The zero-order valence-corrected chi connectivity index (χ0v) is 13.2. The summed E-state index contributed by atoms with van der Waals surface area (Å²) in [6.07, 6.45) is 4.01. The molecule has 0 saturated heterocycles. The van der Waals surface area contributed by atoms with Gasteiger partial charge in [0, 0.05) is 37.1 Å². The van der Waals surface area contributed by atoms with Crippen molar-refractivity contribution in [3.8, 4) is 0 Å². The summed E-state index contributed by atoms with van der Waals surface area (Å²) in [6, 6.07) is 6.32. The Balaban J connectivity index is 2.17. The van der Waals surface area contributed by atoms with Crippen LogP contribution in [0.25, 0.3) is 0 Å². The molecule has 1 atom stereocenters. The lowest BCUT2D eigenvalue weighted by molar-refractivity contribution is 0.201. The van der Waals surface area contributed by atoms with Gasteiger partial charge in [-0.1, -0.05) is 13.0 Å². The van der Waals surface area contributed by atoms with Gasteiger partial charge in [-0.2, -0.15) is 5.10 Å². The molecule has 0 amide bonds. The average Bonchev–Trinajstić information content (AvgIpc) is 2.96. The summed E-state index contributed by atoms with van der Waals surface area (Å²) in [5.41, 5.74) is 9.32. The molecule has 2 aromatic rings. The van der Waals surface area contributed by atoms with Crippen LogP contribution in [0.15, 0.2) is 30.6 Å². The van der Waals surface area contributed by atoms with Gasteiger partial charge >= 0.3 is 0 Å². The standard InChI is InChI=1S/C16H25N5/c1-4-20(12-15-8-6-7-13(3)19-15)16(9-17)14-10-18-21(5-2)11-14/h6-8,10-11,16H,4-5,9,12,17H2,1-3H3. The third kappa shape index (κ3) is 3.89. The summed E-state index contributed by atoms with van der Waals surface area (Å²) in [4.78, 5) is 6.94. The first-order valence-electron chi connectivity index (χ1n) is 7.56. The van der Waals surface area contributed by atoms with Crippen molar-refractivity contribution >= 4 is 0 Å². The van der Waals surface area contributed by atoms with Crippen LogP contribution in [0.5, 0.6) is 0 Å². The lowest BCUT2D eigenvalue weighted by atomic mass is 10.1. The fourth-order valence-electron chi connectivity index (χ4n) is 2.56. The van der Waals surface area contributed by atoms with Crippen LogP contribution in [-0.4, -0.2) is 32.8 Å². The van der Waals surface area contributed by atoms with Crippen LogP contribution in [0.1, 0.15) is 36.8 Å². The number of nitrogens with two attached hydrogens (primary N) is 1. The largest absolute Gasteiger partial charge is 0.329 e. The number of nitrogens with zero attached hydrogens (tertiary/aromatic N) is 4. The zero-order chi connectivity index (χ0) is 15.2. The van der Waals surface area contributed by atoms with Gasteiger partial charge in [-0.3, -0.25) is 14.6 Å². The molecule has 0 spiro atoms. The molecule has 1 unspecified atom stereocenters. The van der Waals surface area contributed by atoms with E-state index in [2.05, 4.69) is 47.2 Å². The van der Waals surface area contributed by atoms with Gasteiger partial charge in [0.25, 0.3) is 0 Å². The molecule has 21 heavy (non-hydrogen) atoms. The number of hydrogen-bond acceptors (Lipinski definition) is 4. The zero-order valence-electron chi connectivity index (χ0n) is 13.2. The molecule has 2 rings (SSSR count). The van der Waals surface area contributed by atoms with E-state index in [0.29, 0.717) is 6.54 Å². The highest BCUT2D eigenvalue weighted by atomic mass is 15.3. The summed E-state index contributed by atoms with van der Waals surface area (Å²) < 4.78 is 1.94. The fourth-order valence-corrected chi connectivity index (χ4v) is 2.56. The molecule has 0 radical (unpaired) electrons. The highest BCUT2D eigenvalue weighted by Gasteiger charge is 2.20. The Bertz CT molecular complexity index is 563.